The number of aliphatic hydroxyl groups is 1. The van der Waals surface area contributed by atoms with Crippen molar-refractivity contribution in [1.82, 2.24) is 29.9 Å². The molecular formula is C40H55B2N11O3. The summed E-state index contributed by atoms with van der Waals surface area (Å²) in [4.78, 5) is 36.3. The van der Waals surface area contributed by atoms with Gasteiger partial charge in [0, 0.05) is 63.0 Å². The first-order chi connectivity index (χ1) is 26.7. The number of nitrogens with zero attached hydrogens (tertiary/aromatic N) is 7. The molecule has 56 heavy (non-hydrogen) atoms. The van der Waals surface area contributed by atoms with E-state index in [0.29, 0.717) is 36.1 Å². The van der Waals surface area contributed by atoms with Gasteiger partial charge in [-0.25, -0.2) is 4.98 Å². The first kappa shape index (κ1) is 42.1. The molecule has 0 spiro atoms. The van der Waals surface area contributed by atoms with E-state index >= 15 is 0 Å². The number of aliphatic imine (C=N–C) groups is 1. The van der Waals surface area contributed by atoms with Crippen LogP contribution in [0.5, 0.6) is 0 Å². The van der Waals surface area contributed by atoms with Crippen LogP contribution in [0.4, 0.5) is 11.4 Å². The first-order valence-electron chi connectivity index (χ1n) is 19.1. The third-order valence-electron chi connectivity index (χ3n) is 10.7. The lowest BCUT2D eigenvalue weighted by Gasteiger charge is -2.44. The van der Waals surface area contributed by atoms with E-state index in [2.05, 4.69) is 43.2 Å². The SMILES string of the molecule is CNC1CC1.O=CC1CC1.[B]C([B])(c1cccc(C(=O)N(C)C)n1)N1CCC(n2ncc3c2C(C)N(C)c2c(NC(=C/C(N)=NC)/C(N)=C\O)cccc2-3)CC1. The van der Waals surface area contributed by atoms with Crippen molar-refractivity contribution in [2.24, 2.45) is 22.4 Å². The van der Waals surface area contributed by atoms with Crippen molar-refractivity contribution in [2.75, 3.05) is 58.5 Å². The zero-order valence-corrected chi connectivity index (χ0v) is 33.4. The van der Waals surface area contributed by atoms with Crippen molar-refractivity contribution < 1.29 is 14.7 Å². The molecule has 1 saturated heterocycles. The van der Waals surface area contributed by atoms with Crippen LogP contribution in [-0.2, 0) is 10.1 Å². The molecule has 4 heterocycles. The van der Waals surface area contributed by atoms with Crippen LogP contribution in [0, 0.1) is 5.92 Å². The van der Waals surface area contributed by atoms with Gasteiger partial charge in [0.25, 0.3) is 5.91 Å². The lowest BCUT2D eigenvalue weighted by molar-refractivity contribution is -0.108. The Morgan fingerprint density at radius 3 is 2.27 bits per heavy atom. The second kappa shape index (κ2) is 18.2. The molecule has 16 heteroatoms. The molecule has 1 aromatic carbocycles. The van der Waals surface area contributed by atoms with Crippen molar-refractivity contribution in [1.29, 1.82) is 0 Å². The number of aliphatic hydroxyl groups excluding tert-OH is 1. The maximum Gasteiger partial charge on any atom is 0.271 e. The Morgan fingerprint density at radius 1 is 1.05 bits per heavy atom. The topological polar surface area (TPSA) is 183 Å². The summed E-state index contributed by atoms with van der Waals surface area (Å²) in [5.74, 6) is 0.510. The molecule has 2 aliphatic carbocycles. The van der Waals surface area contributed by atoms with Crippen molar-refractivity contribution in [2.45, 2.75) is 68.9 Å². The maximum atomic E-state index is 12.5. The van der Waals surface area contributed by atoms with E-state index in [1.807, 2.05) is 37.3 Å². The molecule has 14 nitrogen and oxygen atoms in total. The average molecular weight is 760 g/mol. The van der Waals surface area contributed by atoms with Gasteiger partial charge in [-0.3, -0.25) is 14.5 Å². The predicted octanol–water partition coefficient (Wildman–Crippen LogP) is 3.55. The highest BCUT2D eigenvalue weighted by atomic mass is 16.2. The molecule has 0 bridgehead atoms. The Kier molecular flexibility index (Phi) is 13.7. The molecular weight excluding hydrogens is 704 g/mol. The predicted molar refractivity (Wildman–Crippen MR) is 225 cm³/mol. The fraction of sp³-hybridized carbons (Fsp3) is 0.475. The summed E-state index contributed by atoms with van der Waals surface area (Å²) in [5, 5.41) is 19.7. The largest absolute Gasteiger partial charge is 0.513 e. The summed E-state index contributed by atoms with van der Waals surface area (Å²) < 4.78 is 2.15. The summed E-state index contributed by atoms with van der Waals surface area (Å²) in [6, 6.07) is 12.2. The van der Waals surface area contributed by atoms with Gasteiger partial charge < -0.3 is 46.7 Å². The Hall–Kier alpha value is -5.08. The lowest BCUT2D eigenvalue weighted by Crippen LogP contribution is -2.51. The van der Waals surface area contributed by atoms with Crippen molar-refractivity contribution in [3.63, 3.8) is 0 Å². The van der Waals surface area contributed by atoms with Crippen LogP contribution in [0.15, 0.2) is 71.3 Å². The van der Waals surface area contributed by atoms with E-state index in [4.69, 9.17) is 32.3 Å². The van der Waals surface area contributed by atoms with Crippen LogP contribution < -0.4 is 27.0 Å². The Labute approximate surface area is 333 Å². The highest BCUT2D eigenvalue weighted by Crippen LogP contribution is 2.48. The second-order valence-corrected chi connectivity index (χ2v) is 15.0. The van der Waals surface area contributed by atoms with E-state index in [-0.39, 0.29) is 29.5 Å². The number of pyridine rings is 1. The summed E-state index contributed by atoms with van der Waals surface area (Å²) in [7, 11) is 22.4. The average Bonchev–Trinajstić information content (AvgIpc) is 4.17. The number of anilines is 2. The standard InChI is InChI=1S/C32H40B2N10O2.C4H9N.C4H6O/c1-19-29-22(21-8-6-9-24(30(21)42(19)5)39-26(23(35)18-45)16-28(36)37-2)17-38-44(29)20-12-14-43(15-13-20)32(33,34)27-11-7-10-25(40-27)31(46)41(3)4;1-5-4-2-3-4;5-3-4-1-2-4/h6-11,16-20,39,45H,12-15,35H2,1-5H3,(H2,36,37);4-5H,2-3H2,1H3;3-4H,1-2H2/b23-18+,26-16+;;. The molecule has 7 rings (SSSR count). The van der Waals surface area contributed by atoms with Crippen LogP contribution in [-0.4, -0.2) is 118 Å². The number of rotatable bonds is 10. The van der Waals surface area contributed by atoms with Crippen molar-refractivity contribution in [3.8, 4) is 11.1 Å². The van der Waals surface area contributed by atoms with E-state index < -0.39 is 5.34 Å². The number of nitrogens with two attached hydrogens (primary N) is 2. The minimum Gasteiger partial charge on any atom is -0.513 e. The summed E-state index contributed by atoms with van der Waals surface area (Å²) in [6.07, 6.45) is 12.0. The molecule has 294 valence electrons. The zero-order chi connectivity index (χ0) is 40.7. The summed E-state index contributed by atoms with van der Waals surface area (Å²) in [5.41, 5.74) is 18.3. The lowest BCUT2D eigenvalue weighted by atomic mass is 9.58. The molecule has 1 unspecified atom stereocenters. The molecule has 3 fully saturated rings. The number of hydrogen-bond donors (Lipinski definition) is 5. The Balaban J connectivity index is 0.000000520. The van der Waals surface area contributed by atoms with E-state index in [1.165, 1.54) is 17.7 Å². The fourth-order valence-electron chi connectivity index (χ4n) is 6.78. The van der Waals surface area contributed by atoms with Gasteiger partial charge in [-0.15, -0.1) is 0 Å². The van der Waals surface area contributed by atoms with Gasteiger partial charge >= 0.3 is 0 Å². The van der Waals surface area contributed by atoms with E-state index in [9.17, 15) is 14.7 Å². The second-order valence-electron chi connectivity index (χ2n) is 15.0. The van der Waals surface area contributed by atoms with Gasteiger partial charge in [0.2, 0.25) is 0 Å². The number of hydrogen-bond acceptors (Lipinski definition) is 11. The van der Waals surface area contributed by atoms with Gasteiger partial charge in [-0.2, -0.15) is 5.10 Å². The first-order valence-corrected chi connectivity index (χ1v) is 19.1. The monoisotopic (exact) mass is 759 g/mol. The Morgan fingerprint density at radius 2 is 1.73 bits per heavy atom. The summed E-state index contributed by atoms with van der Waals surface area (Å²) in [6.45, 7) is 3.42. The number of para-hydroxylation sites is 1. The van der Waals surface area contributed by atoms with E-state index in [0.717, 1.165) is 72.5 Å². The molecule has 1 atom stereocenters. The number of benzene rings is 1. The van der Waals surface area contributed by atoms with Crippen molar-refractivity contribution in [3.05, 3.63) is 83.4 Å². The number of aromatic nitrogens is 3. The van der Waals surface area contributed by atoms with Crippen LogP contribution in [0.3, 0.4) is 0 Å². The van der Waals surface area contributed by atoms with Crippen LogP contribution in [0.2, 0.25) is 0 Å². The number of carbonyl (C=O) groups excluding carboxylic acids is 2. The minimum atomic E-state index is -1.33. The maximum absolute atomic E-state index is 12.5. The Bertz CT molecular complexity index is 1940. The highest BCUT2D eigenvalue weighted by molar-refractivity contribution is 6.39. The number of nitrogens with one attached hydrogen (secondary N) is 2. The number of piperidine rings is 1. The molecule has 1 amide bonds. The molecule has 7 N–H and O–H groups in total. The third-order valence-corrected chi connectivity index (χ3v) is 10.7. The molecule has 3 aromatic rings. The highest BCUT2D eigenvalue weighted by Gasteiger charge is 2.37. The fourth-order valence-corrected chi connectivity index (χ4v) is 6.78. The number of aldehydes is 1. The minimum absolute atomic E-state index is 0.00399. The normalized spacial score (nSPS) is 19.1. The number of likely N-dealkylation sites (tertiary alicyclic amines) is 1. The molecule has 4 radical (unpaired) electrons. The quantitative estimate of drug-likeness (QED) is 0.0509. The van der Waals surface area contributed by atoms with Crippen molar-refractivity contribution >= 4 is 45.1 Å². The van der Waals surface area contributed by atoms with Crippen LogP contribution in [0.25, 0.3) is 11.1 Å². The number of fused-ring (bicyclic) bond motifs is 3. The van der Waals surface area contributed by atoms with Gasteiger partial charge in [0.15, 0.2) is 0 Å². The molecule has 2 saturated carbocycles. The van der Waals surface area contributed by atoms with Gasteiger partial charge in [0.05, 0.1) is 62.4 Å². The number of amidine groups is 1. The zero-order valence-electron chi connectivity index (χ0n) is 33.4. The summed E-state index contributed by atoms with van der Waals surface area (Å²) >= 11 is 0. The number of carbonyl (C=O) groups is 2. The van der Waals surface area contributed by atoms with Crippen LogP contribution >= 0.6 is 0 Å². The van der Waals surface area contributed by atoms with Gasteiger partial charge in [0.1, 0.15) is 24.1 Å². The molecule has 2 aliphatic heterocycles. The molecule has 4 aliphatic rings. The van der Waals surface area contributed by atoms with Gasteiger partial charge in [-0.1, -0.05) is 18.2 Å². The number of amides is 1. The van der Waals surface area contributed by atoms with Gasteiger partial charge in [-0.05, 0) is 89.1 Å². The third kappa shape index (κ3) is 9.65. The van der Waals surface area contributed by atoms with E-state index in [1.54, 1.807) is 45.4 Å². The smallest absolute Gasteiger partial charge is 0.271 e. The molecule has 2 aromatic heterocycles. The van der Waals surface area contributed by atoms with Crippen LogP contribution in [0.1, 0.15) is 79.4 Å².